The summed E-state index contributed by atoms with van der Waals surface area (Å²) < 4.78 is 2.23. The smallest absolute Gasteiger partial charge is 0.191 e. The standard InChI is InChI=1S/C21H32N6.HI/c1-22-21(25-17-11-14-26(15-17)18-7-2-3-8-18)23-12-6-13-27-16-24-19-9-4-5-10-20(19)27;/h4-5,9-10,16-18H,2-3,6-8,11-15H2,1H3,(H2,22,23,25);1H. The van der Waals surface area contributed by atoms with Crippen LogP contribution in [0.2, 0.25) is 0 Å². The first-order chi connectivity index (χ1) is 13.3. The Morgan fingerprint density at radius 3 is 2.86 bits per heavy atom. The monoisotopic (exact) mass is 496 g/mol. The summed E-state index contributed by atoms with van der Waals surface area (Å²) in [5.74, 6) is 0.934. The number of fused-ring (bicyclic) bond motifs is 1. The summed E-state index contributed by atoms with van der Waals surface area (Å²) in [4.78, 5) is 11.6. The second-order valence-corrected chi connectivity index (χ2v) is 7.84. The van der Waals surface area contributed by atoms with Crippen LogP contribution >= 0.6 is 24.0 Å². The maximum Gasteiger partial charge on any atom is 0.191 e. The van der Waals surface area contributed by atoms with E-state index in [4.69, 9.17) is 0 Å². The predicted octanol–water partition coefficient (Wildman–Crippen LogP) is 3.23. The van der Waals surface area contributed by atoms with Gasteiger partial charge in [0.25, 0.3) is 0 Å². The Morgan fingerprint density at radius 1 is 1.21 bits per heavy atom. The van der Waals surface area contributed by atoms with Gasteiger partial charge in [0.05, 0.1) is 17.4 Å². The molecule has 1 aromatic heterocycles. The van der Waals surface area contributed by atoms with Gasteiger partial charge in [-0.25, -0.2) is 4.98 Å². The molecule has 2 N–H and O–H groups in total. The molecule has 4 rings (SSSR count). The summed E-state index contributed by atoms with van der Waals surface area (Å²) in [7, 11) is 1.86. The number of aliphatic imine (C=N–C) groups is 1. The molecule has 1 saturated heterocycles. The Labute approximate surface area is 185 Å². The summed E-state index contributed by atoms with van der Waals surface area (Å²) in [5, 5.41) is 7.10. The lowest BCUT2D eigenvalue weighted by Gasteiger charge is -2.24. The Kier molecular flexibility index (Phi) is 7.96. The number of imidazole rings is 1. The second-order valence-electron chi connectivity index (χ2n) is 7.84. The van der Waals surface area contributed by atoms with E-state index >= 15 is 0 Å². The quantitative estimate of drug-likeness (QED) is 0.279. The van der Waals surface area contributed by atoms with Crippen molar-refractivity contribution in [2.24, 2.45) is 4.99 Å². The van der Waals surface area contributed by atoms with Gasteiger partial charge in [-0.3, -0.25) is 9.89 Å². The summed E-state index contributed by atoms with van der Waals surface area (Å²) in [6.45, 7) is 4.26. The molecule has 154 valence electrons. The van der Waals surface area contributed by atoms with Crippen LogP contribution in [0.4, 0.5) is 0 Å². The minimum absolute atomic E-state index is 0. The van der Waals surface area contributed by atoms with E-state index in [0.29, 0.717) is 6.04 Å². The van der Waals surface area contributed by atoms with E-state index in [0.717, 1.165) is 43.6 Å². The number of guanidine groups is 1. The van der Waals surface area contributed by atoms with Gasteiger partial charge < -0.3 is 15.2 Å². The number of likely N-dealkylation sites (tertiary alicyclic amines) is 1. The van der Waals surface area contributed by atoms with Gasteiger partial charge in [-0.1, -0.05) is 25.0 Å². The van der Waals surface area contributed by atoms with Crippen LogP contribution in [0.5, 0.6) is 0 Å². The normalized spacial score (nSPS) is 21.2. The maximum absolute atomic E-state index is 4.46. The number of nitrogens with zero attached hydrogens (tertiary/aromatic N) is 4. The van der Waals surface area contributed by atoms with Crippen LogP contribution in [0, 0.1) is 0 Å². The molecule has 1 saturated carbocycles. The first-order valence-corrected chi connectivity index (χ1v) is 10.4. The molecule has 0 amide bonds. The number of hydrogen-bond acceptors (Lipinski definition) is 3. The third kappa shape index (κ3) is 5.17. The van der Waals surface area contributed by atoms with Crippen molar-refractivity contribution in [2.75, 3.05) is 26.7 Å². The van der Waals surface area contributed by atoms with E-state index in [1.807, 2.05) is 19.4 Å². The van der Waals surface area contributed by atoms with Crippen LogP contribution in [0.25, 0.3) is 11.0 Å². The molecular formula is C21H33IN6. The molecular weight excluding hydrogens is 463 g/mol. The zero-order valence-corrected chi connectivity index (χ0v) is 19.1. The Bertz CT molecular complexity index is 767. The number of para-hydroxylation sites is 2. The van der Waals surface area contributed by atoms with Crippen molar-refractivity contribution in [1.29, 1.82) is 0 Å². The molecule has 28 heavy (non-hydrogen) atoms. The highest BCUT2D eigenvalue weighted by molar-refractivity contribution is 14.0. The van der Waals surface area contributed by atoms with Gasteiger partial charge in [0.2, 0.25) is 0 Å². The highest BCUT2D eigenvalue weighted by Crippen LogP contribution is 2.26. The van der Waals surface area contributed by atoms with Gasteiger partial charge in [-0.2, -0.15) is 0 Å². The Hall–Kier alpha value is -1.35. The zero-order valence-electron chi connectivity index (χ0n) is 16.8. The average Bonchev–Trinajstić information content (AvgIpc) is 3.45. The Morgan fingerprint density at radius 2 is 2.04 bits per heavy atom. The summed E-state index contributed by atoms with van der Waals surface area (Å²) >= 11 is 0. The number of aromatic nitrogens is 2. The van der Waals surface area contributed by atoms with E-state index in [9.17, 15) is 0 Å². The van der Waals surface area contributed by atoms with Crippen molar-refractivity contribution in [3.63, 3.8) is 0 Å². The van der Waals surface area contributed by atoms with Crippen molar-refractivity contribution >= 4 is 41.0 Å². The van der Waals surface area contributed by atoms with Crippen molar-refractivity contribution in [2.45, 2.75) is 57.2 Å². The molecule has 1 aliphatic carbocycles. The summed E-state index contributed by atoms with van der Waals surface area (Å²) in [6, 6.07) is 9.65. The molecule has 0 bridgehead atoms. The van der Waals surface area contributed by atoms with E-state index in [1.165, 1.54) is 44.2 Å². The average molecular weight is 496 g/mol. The number of hydrogen-bond donors (Lipinski definition) is 2. The van der Waals surface area contributed by atoms with Crippen molar-refractivity contribution < 1.29 is 0 Å². The summed E-state index contributed by atoms with van der Waals surface area (Å²) in [6.07, 6.45) is 9.81. The summed E-state index contributed by atoms with van der Waals surface area (Å²) in [5.41, 5.74) is 2.27. The fourth-order valence-electron chi connectivity index (χ4n) is 4.54. The Balaban J connectivity index is 0.00000225. The molecule has 1 unspecified atom stereocenters. The minimum atomic E-state index is 0. The molecule has 7 heteroatoms. The van der Waals surface area contributed by atoms with Gasteiger partial charge >= 0.3 is 0 Å². The molecule has 6 nitrogen and oxygen atoms in total. The SMILES string of the molecule is CN=C(NCCCn1cnc2ccccc21)NC1CCN(C2CCCC2)C1.I. The molecule has 0 radical (unpaired) electrons. The number of benzene rings is 1. The van der Waals surface area contributed by atoms with Crippen molar-refractivity contribution in [3.05, 3.63) is 30.6 Å². The highest BCUT2D eigenvalue weighted by Gasteiger charge is 2.30. The van der Waals surface area contributed by atoms with E-state index in [2.05, 4.69) is 48.3 Å². The van der Waals surface area contributed by atoms with E-state index < -0.39 is 0 Å². The van der Waals surface area contributed by atoms with Gasteiger partial charge in [-0.05, 0) is 37.8 Å². The molecule has 1 atom stereocenters. The van der Waals surface area contributed by atoms with E-state index in [1.54, 1.807) is 0 Å². The topological polar surface area (TPSA) is 57.5 Å². The van der Waals surface area contributed by atoms with Crippen LogP contribution in [0.15, 0.2) is 35.6 Å². The van der Waals surface area contributed by atoms with Crippen molar-refractivity contribution in [3.8, 4) is 0 Å². The highest BCUT2D eigenvalue weighted by atomic mass is 127. The second kappa shape index (κ2) is 10.4. The number of aryl methyl sites for hydroxylation is 1. The zero-order chi connectivity index (χ0) is 18.5. The van der Waals surface area contributed by atoms with Crippen molar-refractivity contribution in [1.82, 2.24) is 25.1 Å². The predicted molar refractivity (Wildman–Crippen MR) is 126 cm³/mol. The first-order valence-electron chi connectivity index (χ1n) is 10.4. The molecule has 2 fully saturated rings. The number of rotatable bonds is 6. The van der Waals surface area contributed by atoms with Crippen LogP contribution in [0.1, 0.15) is 38.5 Å². The fourth-order valence-corrected chi connectivity index (χ4v) is 4.54. The molecule has 1 aromatic carbocycles. The lowest BCUT2D eigenvalue weighted by atomic mass is 10.2. The third-order valence-corrected chi connectivity index (χ3v) is 6.02. The lowest BCUT2D eigenvalue weighted by Crippen LogP contribution is -2.45. The number of halogens is 1. The maximum atomic E-state index is 4.46. The molecule has 1 aliphatic heterocycles. The third-order valence-electron chi connectivity index (χ3n) is 6.02. The van der Waals surface area contributed by atoms with Crippen LogP contribution < -0.4 is 10.6 Å². The van der Waals surface area contributed by atoms with Gasteiger partial charge in [0.15, 0.2) is 5.96 Å². The molecule has 2 aliphatic rings. The molecule has 0 spiro atoms. The van der Waals surface area contributed by atoms with Crippen LogP contribution in [-0.2, 0) is 6.54 Å². The van der Waals surface area contributed by atoms with Gasteiger partial charge in [0.1, 0.15) is 0 Å². The first kappa shape index (κ1) is 21.4. The largest absolute Gasteiger partial charge is 0.356 e. The molecule has 2 aromatic rings. The van der Waals surface area contributed by atoms with E-state index in [-0.39, 0.29) is 24.0 Å². The minimum Gasteiger partial charge on any atom is -0.356 e. The van der Waals surface area contributed by atoms with Crippen LogP contribution in [0.3, 0.4) is 0 Å². The fraction of sp³-hybridized carbons (Fsp3) is 0.619. The number of nitrogens with one attached hydrogen (secondary N) is 2. The molecule has 2 heterocycles. The van der Waals surface area contributed by atoms with Crippen LogP contribution in [-0.4, -0.2) is 59.2 Å². The van der Waals surface area contributed by atoms with Gasteiger partial charge in [0, 0.05) is 45.3 Å². The lowest BCUT2D eigenvalue weighted by molar-refractivity contribution is 0.242. The van der Waals surface area contributed by atoms with Gasteiger partial charge in [-0.15, -0.1) is 24.0 Å².